The zero-order chi connectivity index (χ0) is 15.1. The second-order valence-electron chi connectivity index (χ2n) is 9.71. The first-order valence-corrected chi connectivity index (χ1v) is 11.4. The molecule has 0 amide bonds. The summed E-state index contributed by atoms with van der Waals surface area (Å²) in [5, 5.41) is 10.8. The molecule has 8 unspecified atom stereocenters. The third kappa shape index (κ3) is 0.873. The molecule has 1 N–H and O–H groups in total. The van der Waals surface area contributed by atoms with Crippen LogP contribution in [-0.2, 0) is 0 Å². The Morgan fingerprint density at radius 3 is 1.54 bits per heavy atom. The van der Waals surface area contributed by atoms with E-state index in [-0.39, 0.29) is 6.10 Å². The van der Waals surface area contributed by atoms with Crippen molar-refractivity contribution in [2.75, 3.05) is 0 Å². The molecule has 10 rings (SSSR count). The number of thioether (sulfide) groups is 2. The standard InChI is InChI=1S/C21H18OS2/c22-20-17-11-7-8-12(17)14-10-9(13(11)18(14)20)15(7)19(16(8)10)21-23-5-3-1-2-4-6(5)24-21/h1-4,7-18,20,22H. The Kier molecular flexibility index (Phi) is 1.66. The van der Waals surface area contributed by atoms with Gasteiger partial charge in [0.2, 0.25) is 0 Å². The summed E-state index contributed by atoms with van der Waals surface area (Å²) in [6.07, 6.45) is 0.102. The first kappa shape index (κ1) is 12.1. The largest absolute Gasteiger partial charge is 0.393 e. The van der Waals surface area contributed by atoms with Crippen LogP contribution in [0.3, 0.4) is 0 Å². The number of aliphatic hydroxyl groups is 1. The molecule has 120 valence electrons. The summed E-state index contributed by atoms with van der Waals surface area (Å²) >= 11 is 4.17. The zero-order valence-electron chi connectivity index (χ0n) is 13.1. The minimum absolute atomic E-state index is 0.102. The van der Waals surface area contributed by atoms with Crippen molar-refractivity contribution in [2.45, 2.75) is 15.9 Å². The molecule has 1 aliphatic heterocycles. The normalized spacial score (nSPS) is 66.5. The summed E-state index contributed by atoms with van der Waals surface area (Å²) in [6, 6.07) is 8.99. The molecule has 1 aromatic carbocycles. The van der Waals surface area contributed by atoms with Crippen molar-refractivity contribution in [1.82, 2.24) is 0 Å². The van der Waals surface area contributed by atoms with Gasteiger partial charge in [0.25, 0.3) is 0 Å². The lowest BCUT2D eigenvalue weighted by Crippen LogP contribution is -2.21. The molecular formula is C21H18OS2. The van der Waals surface area contributed by atoms with Crippen molar-refractivity contribution in [2.24, 2.45) is 71.0 Å². The first-order chi connectivity index (χ1) is 11.9. The Morgan fingerprint density at radius 2 is 1.08 bits per heavy atom. The molecule has 1 aromatic rings. The number of hydrogen-bond donors (Lipinski definition) is 1. The molecule has 1 heterocycles. The molecule has 8 saturated carbocycles. The summed E-state index contributed by atoms with van der Waals surface area (Å²) in [5.41, 5.74) is 1.93. The molecule has 9 aliphatic rings. The van der Waals surface area contributed by atoms with Crippen LogP contribution in [0, 0.1) is 71.0 Å². The molecule has 8 atom stereocenters. The van der Waals surface area contributed by atoms with Crippen molar-refractivity contribution in [3.8, 4) is 0 Å². The lowest BCUT2D eigenvalue weighted by molar-refractivity contribution is 0.108. The van der Waals surface area contributed by atoms with Crippen LogP contribution in [0.5, 0.6) is 0 Å². The maximum atomic E-state index is 10.8. The fourth-order valence-electron chi connectivity index (χ4n) is 10.5. The molecule has 0 radical (unpaired) electrons. The summed E-state index contributed by atoms with van der Waals surface area (Å²) in [5.74, 6) is 11.0. The molecule has 0 aromatic heterocycles. The predicted molar refractivity (Wildman–Crippen MR) is 93.1 cm³/mol. The van der Waals surface area contributed by atoms with Gasteiger partial charge in [-0.2, -0.15) is 0 Å². The second kappa shape index (κ2) is 3.30. The zero-order valence-corrected chi connectivity index (χ0v) is 14.7. The van der Waals surface area contributed by atoms with Crippen LogP contribution in [-0.4, -0.2) is 11.2 Å². The van der Waals surface area contributed by atoms with Crippen molar-refractivity contribution in [3.63, 3.8) is 0 Å². The minimum Gasteiger partial charge on any atom is -0.393 e. The smallest absolute Gasteiger partial charge is 0.0607 e. The van der Waals surface area contributed by atoms with Gasteiger partial charge in [0, 0.05) is 14.0 Å². The maximum absolute atomic E-state index is 10.8. The van der Waals surface area contributed by atoms with Crippen LogP contribution in [0.2, 0.25) is 0 Å². The molecule has 8 aliphatic carbocycles. The number of benzene rings is 1. The molecule has 4 bridgehead atoms. The Labute approximate surface area is 149 Å². The Morgan fingerprint density at radius 1 is 0.625 bits per heavy atom. The second-order valence-corrected chi connectivity index (χ2v) is 12.1. The third-order valence-electron chi connectivity index (χ3n) is 9.99. The quantitative estimate of drug-likeness (QED) is 0.765. The molecular weight excluding hydrogens is 332 g/mol. The molecule has 0 saturated heterocycles. The highest BCUT2D eigenvalue weighted by atomic mass is 32.2. The number of fused-ring (bicyclic) bond motifs is 1. The molecule has 1 nitrogen and oxygen atoms in total. The van der Waals surface area contributed by atoms with Crippen LogP contribution < -0.4 is 0 Å². The van der Waals surface area contributed by atoms with E-state index in [2.05, 4.69) is 47.8 Å². The van der Waals surface area contributed by atoms with E-state index >= 15 is 0 Å². The lowest BCUT2D eigenvalue weighted by atomic mass is 9.80. The number of aliphatic hydroxyl groups excluding tert-OH is 1. The van der Waals surface area contributed by atoms with E-state index in [0.717, 1.165) is 71.0 Å². The van der Waals surface area contributed by atoms with Crippen LogP contribution in [0.15, 0.2) is 43.9 Å². The monoisotopic (exact) mass is 350 g/mol. The minimum atomic E-state index is 0.102. The topological polar surface area (TPSA) is 20.2 Å². The highest BCUT2D eigenvalue weighted by molar-refractivity contribution is 8.24. The van der Waals surface area contributed by atoms with Crippen LogP contribution in [0.1, 0.15) is 0 Å². The SMILES string of the molecule is OC1C2C3C4C5C(=C6Sc7ccccc7S6)C6C4C2C2C1C3C5C62. The van der Waals surface area contributed by atoms with E-state index < -0.39 is 0 Å². The van der Waals surface area contributed by atoms with Crippen molar-refractivity contribution >= 4 is 23.5 Å². The molecule has 0 spiro atoms. The van der Waals surface area contributed by atoms with Crippen molar-refractivity contribution < 1.29 is 5.11 Å². The molecule has 3 heteroatoms. The van der Waals surface area contributed by atoms with E-state index in [9.17, 15) is 5.11 Å². The lowest BCUT2D eigenvalue weighted by Gasteiger charge is -2.24. The van der Waals surface area contributed by atoms with Crippen LogP contribution >= 0.6 is 23.5 Å². The van der Waals surface area contributed by atoms with Gasteiger partial charge in [-0.3, -0.25) is 0 Å². The van der Waals surface area contributed by atoms with Crippen LogP contribution in [0.4, 0.5) is 0 Å². The average molecular weight is 351 g/mol. The van der Waals surface area contributed by atoms with Gasteiger partial charge in [-0.15, -0.1) is 0 Å². The summed E-state index contributed by atoms with van der Waals surface area (Å²) in [4.78, 5) is 2.98. The summed E-state index contributed by atoms with van der Waals surface area (Å²) < 4.78 is 1.68. The number of rotatable bonds is 0. The van der Waals surface area contributed by atoms with Gasteiger partial charge in [-0.25, -0.2) is 0 Å². The van der Waals surface area contributed by atoms with Gasteiger partial charge in [0.15, 0.2) is 0 Å². The summed E-state index contributed by atoms with van der Waals surface area (Å²) in [6.45, 7) is 0. The predicted octanol–water partition coefficient (Wildman–Crippen LogP) is 3.95. The Hall–Kier alpha value is -0.380. The molecule has 8 fully saturated rings. The average Bonchev–Trinajstić information content (AvgIpc) is 3.34. The van der Waals surface area contributed by atoms with Gasteiger partial charge in [-0.1, -0.05) is 35.7 Å². The highest BCUT2D eigenvalue weighted by Gasteiger charge is 2.91. The third-order valence-corrected chi connectivity index (χ3v) is 12.6. The first-order valence-electron chi connectivity index (χ1n) is 9.73. The molecule has 24 heavy (non-hydrogen) atoms. The van der Waals surface area contributed by atoms with E-state index in [0.29, 0.717) is 0 Å². The van der Waals surface area contributed by atoms with E-state index in [4.69, 9.17) is 0 Å². The highest BCUT2D eigenvalue weighted by Crippen LogP contribution is 2.94. The van der Waals surface area contributed by atoms with Gasteiger partial charge in [0.05, 0.1) is 6.10 Å². The fraction of sp³-hybridized carbons (Fsp3) is 0.619. The van der Waals surface area contributed by atoms with Gasteiger partial charge in [0.1, 0.15) is 0 Å². The van der Waals surface area contributed by atoms with E-state index in [1.165, 1.54) is 9.79 Å². The Bertz CT molecular complexity index is 806. The van der Waals surface area contributed by atoms with Gasteiger partial charge >= 0.3 is 0 Å². The fourth-order valence-corrected chi connectivity index (χ4v) is 13.3. The van der Waals surface area contributed by atoms with Gasteiger partial charge in [-0.05, 0) is 88.7 Å². The summed E-state index contributed by atoms with van der Waals surface area (Å²) in [7, 11) is 0. The van der Waals surface area contributed by atoms with Gasteiger partial charge < -0.3 is 5.11 Å². The Balaban J connectivity index is 1.28. The van der Waals surface area contributed by atoms with E-state index in [1.54, 1.807) is 4.24 Å². The van der Waals surface area contributed by atoms with E-state index in [1.807, 2.05) is 5.57 Å². The number of hydrogen-bond acceptors (Lipinski definition) is 3. The van der Waals surface area contributed by atoms with Crippen molar-refractivity contribution in [3.05, 3.63) is 34.1 Å². The number of allylic oxidation sites excluding steroid dienone is 1. The van der Waals surface area contributed by atoms with Crippen LogP contribution in [0.25, 0.3) is 0 Å². The van der Waals surface area contributed by atoms with Crippen molar-refractivity contribution in [1.29, 1.82) is 0 Å². The maximum Gasteiger partial charge on any atom is 0.0607 e.